The van der Waals surface area contributed by atoms with Crippen molar-refractivity contribution in [2.75, 3.05) is 13.1 Å². The van der Waals surface area contributed by atoms with Gasteiger partial charge in [0.25, 0.3) is 0 Å². The van der Waals surface area contributed by atoms with Crippen LogP contribution in [-0.4, -0.2) is 62.6 Å². The highest BCUT2D eigenvalue weighted by atomic mass is 32.1. The smallest absolute Gasteiger partial charge is 0.408 e. The average molecular weight is 606 g/mol. The number of carbonyl (C=O) groups excluding carboxylic acids is 3. The number of aromatic amines is 1. The molecule has 11 heteroatoms. The van der Waals surface area contributed by atoms with E-state index in [-0.39, 0.29) is 17.6 Å². The maximum atomic E-state index is 14.0. The van der Waals surface area contributed by atoms with Crippen molar-refractivity contribution in [2.24, 2.45) is 0 Å². The van der Waals surface area contributed by atoms with Crippen molar-refractivity contribution < 1.29 is 19.1 Å². The normalized spacial score (nSPS) is 15.4. The first kappa shape index (κ1) is 30.3. The van der Waals surface area contributed by atoms with Crippen molar-refractivity contribution in [2.45, 2.75) is 77.1 Å². The van der Waals surface area contributed by atoms with Crippen molar-refractivity contribution in [1.82, 2.24) is 25.1 Å². The predicted octanol–water partition coefficient (Wildman–Crippen LogP) is 4.74. The maximum Gasteiger partial charge on any atom is 0.408 e. The lowest BCUT2D eigenvalue weighted by Crippen LogP contribution is -2.60. The number of hydrogen-bond acceptors (Lipinski definition) is 6. The molecule has 0 saturated carbocycles. The molecule has 1 saturated heterocycles. The van der Waals surface area contributed by atoms with Crippen LogP contribution in [0, 0.1) is 0 Å². The molecule has 1 fully saturated rings. The average Bonchev–Trinajstić information content (AvgIpc) is 3.50. The monoisotopic (exact) mass is 605 g/mol. The van der Waals surface area contributed by atoms with E-state index in [1.165, 1.54) is 0 Å². The molecule has 1 aliphatic rings. The molecule has 43 heavy (non-hydrogen) atoms. The lowest BCUT2D eigenvalue weighted by Gasteiger charge is -2.36. The Hall–Kier alpha value is -4.12. The fraction of sp³-hybridized carbons (Fsp3) is 0.438. The Kier molecular flexibility index (Phi) is 8.38. The first-order valence-corrected chi connectivity index (χ1v) is 15.5. The van der Waals surface area contributed by atoms with Crippen LogP contribution < -0.4 is 16.3 Å². The molecular formula is C32H39N5O5S. The molecule has 1 aliphatic heterocycles. The summed E-state index contributed by atoms with van der Waals surface area (Å²) in [6, 6.07) is 14.7. The van der Waals surface area contributed by atoms with Crippen LogP contribution in [0.3, 0.4) is 0 Å². The first-order valence-electron chi connectivity index (χ1n) is 14.6. The molecule has 4 aromatic rings. The summed E-state index contributed by atoms with van der Waals surface area (Å²) in [5.74, 6) is -0.683. The number of nitrogens with zero attached hydrogens (tertiary/aromatic N) is 2. The summed E-state index contributed by atoms with van der Waals surface area (Å²) in [6.07, 6.45) is 0.815. The molecule has 0 spiro atoms. The number of nitrogens with one attached hydrogen (secondary N) is 3. The quantitative estimate of drug-likeness (QED) is 0.281. The molecule has 2 aromatic heterocycles. The number of amides is 3. The Bertz CT molecular complexity index is 1700. The van der Waals surface area contributed by atoms with Crippen molar-refractivity contribution in [3.05, 3.63) is 70.0 Å². The lowest BCUT2D eigenvalue weighted by atomic mass is 9.98. The van der Waals surface area contributed by atoms with Crippen LogP contribution in [0.5, 0.6) is 0 Å². The van der Waals surface area contributed by atoms with E-state index in [1.807, 2.05) is 53.9 Å². The number of benzene rings is 2. The van der Waals surface area contributed by atoms with Gasteiger partial charge >= 0.3 is 11.8 Å². The Balaban J connectivity index is 1.34. The Morgan fingerprint density at radius 3 is 2.42 bits per heavy atom. The molecule has 10 nitrogen and oxygen atoms in total. The van der Waals surface area contributed by atoms with E-state index in [4.69, 9.17) is 4.74 Å². The van der Waals surface area contributed by atoms with E-state index in [0.29, 0.717) is 32.4 Å². The van der Waals surface area contributed by atoms with Gasteiger partial charge in [0.2, 0.25) is 11.8 Å². The predicted molar refractivity (Wildman–Crippen MR) is 168 cm³/mol. The minimum atomic E-state index is -1.33. The molecule has 2 aromatic carbocycles. The minimum absolute atomic E-state index is 0.0430. The molecule has 0 radical (unpaired) electrons. The van der Waals surface area contributed by atoms with E-state index in [1.54, 1.807) is 55.4 Å². The van der Waals surface area contributed by atoms with Crippen LogP contribution >= 0.6 is 11.3 Å². The molecule has 3 heterocycles. The molecule has 3 amide bonds. The van der Waals surface area contributed by atoms with Gasteiger partial charge in [0.1, 0.15) is 17.2 Å². The molecule has 5 rings (SSSR count). The molecule has 3 N–H and O–H groups in total. The number of likely N-dealkylation sites (tertiary alicyclic amines) is 1. The van der Waals surface area contributed by atoms with Gasteiger partial charge in [-0.25, -0.2) is 9.59 Å². The van der Waals surface area contributed by atoms with Crippen molar-refractivity contribution >= 4 is 50.4 Å². The largest absolute Gasteiger partial charge is 0.444 e. The van der Waals surface area contributed by atoms with Gasteiger partial charge in [0.15, 0.2) is 0 Å². The zero-order valence-electron chi connectivity index (χ0n) is 25.2. The number of fused-ring (bicyclic) bond motifs is 2. The van der Waals surface area contributed by atoms with E-state index < -0.39 is 29.2 Å². The van der Waals surface area contributed by atoms with Crippen LogP contribution in [-0.2, 0) is 20.7 Å². The second kappa shape index (κ2) is 11.9. The third kappa shape index (κ3) is 6.77. The second-order valence-electron chi connectivity index (χ2n) is 12.6. The van der Waals surface area contributed by atoms with E-state index in [0.717, 1.165) is 26.7 Å². The summed E-state index contributed by atoms with van der Waals surface area (Å²) in [5, 5.41) is 8.65. The van der Waals surface area contributed by atoms with E-state index >= 15 is 0 Å². The Labute approximate surface area is 254 Å². The Morgan fingerprint density at radius 1 is 1.02 bits per heavy atom. The van der Waals surface area contributed by atoms with Gasteiger partial charge in [-0.1, -0.05) is 30.3 Å². The van der Waals surface area contributed by atoms with Crippen LogP contribution in [0.25, 0.3) is 21.1 Å². The Morgan fingerprint density at radius 2 is 1.70 bits per heavy atom. The molecule has 1 atom stereocenters. The van der Waals surface area contributed by atoms with Gasteiger partial charge in [0, 0.05) is 30.3 Å². The minimum Gasteiger partial charge on any atom is -0.444 e. The number of imidazole rings is 1. The third-order valence-corrected chi connectivity index (χ3v) is 8.75. The number of alkyl carbamates (subject to hydrolysis) is 1. The fourth-order valence-corrected chi connectivity index (χ4v) is 6.54. The second-order valence-corrected chi connectivity index (χ2v) is 13.5. The standard InChI is InChI=1S/C32H39N5O5S/c1-31(2,3)42-30(41)35-32(4,5)28(39)33-24(18-20-19-43-26-13-9-6-10-22(20)26)27(38)36-16-14-21(15-17-36)37-25-12-8-7-11-23(25)34-29(37)40/h6-13,19,21,24H,14-18H2,1-5H3,(H,33,39)(H,34,40)(H,35,41)/t24-/m1/s1. The summed E-state index contributed by atoms with van der Waals surface area (Å²) < 4.78 is 8.24. The van der Waals surface area contributed by atoms with Gasteiger partial charge in [-0.3, -0.25) is 14.2 Å². The maximum absolute atomic E-state index is 14.0. The number of H-pyrrole nitrogens is 1. The SMILES string of the molecule is CC(C)(C)OC(=O)NC(C)(C)C(=O)N[C@H](Cc1csc2ccccc12)C(=O)N1CCC(n2c(=O)[nH]c3ccccc32)CC1. The number of hydrogen-bond donors (Lipinski definition) is 3. The van der Waals surface area contributed by atoms with Crippen molar-refractivity contribution in [1.29, 1.82) is 0 Å². The summed E-state index contributed by atoms with van der Waals surface area (Å²) in [5.41, 5.74) is 0.406. The topological polar surface area (TPSA) is 126 Å². The lowest BCUT2D eigenvalue weighted by molar-refractivity contribution is -0.138. The van der Waals surface area contributed by atoms with Gasteiger partial charge in [0.05, 0.1) is 11.0 Å². The van der Waals surface area contributed by atoms with E-state index in [2.05, 4.69) is 15.6 Å². The summed E-state index contributed by atoms with van der Waals surface area (Å²) in [4.78, 5) is 57.5. The number of thiophene rings is 1. The van der Waals surface area contributed by atoms with Crippen LogP contribution in [0.15, 0.2) is 58.7 Å². The van der Waals surface area contributed by atoms with E-state index in [9.17, 15) is 19.2 Å². The summed E-state index contributed by atoms with van der Waals surface area (Å²) in [6.45, 7) is 9.31. The summed E-state index contributed by atoms with van der Waals surface area (Å²) in [7, 11) is 0. The number of para-hydroxylation sites is 2. The van der Waals surface area contributed by atoms with Crippen LogP contribution in [0.4, 0.5) is 4.79 Å². The first-order chi connectivity index (χ1) is 20.3. The third-order valence-electron chi connectivity index (χ3n) is 7.74. The zero-order valence-corrected chi connectivity index (χ0v) is 26.0. The fourth-order valence-electron chi connectivity index (χ4n) is 5.57. The number of ether oxygens (including phenoxy) is 1. The van der Waals surface area contributed by atoms with Gasteiger partial charge in [-0.15, -0.1) is 11.3 Å². The number of carbonyl (C=O) groups is 3. The number of rotatable bonds is 7. The molecule has 0 bridgehead atoms. The number of piperidine rings is 1. The van der Waals surface area contributed by atoms with Gasteiger partial charge < -0.3 is 25.3 Å². The zero-order chi connectivity index (χ0) is 30.9. The highest BCUT2D eigenvalue weighted by Crippen LogP contribution is 2.29. The highest BCUT2D eigenvalue weighted by molar-refractivity contribution is 7.17. The number of aromatic nitrogens is 2. The van der Waals surface area contributed by atoms with Crippen LogP contribution in [0.1, 0.15) is 59.1 Å². The molecular weight excluding hydrogens is 566 g/mol. The highest BCUT2D eigenvalue weighted by Gasteiger charge is 2.37. The molecule has 0 unspecified atom stereocenters. The molecule has 0 aliphatic carbocycles. The summed E-state index contributed by atoms with van der Waals surface area (Å²) >= 11 is 1.60. The van der Waals surface area contributed by atoms with Gasteiger partial charge in [-0.05, 0) is 82.0 Å². The molecule has 228 valence electrons. The van der Waals surface area contributed by atoms with Crippen molar-refractivity contribution in [3.63, 3.8) is 0 Å². The van der Waals surface area contributed by atoms with Crippen molar-refractivity contribution in [3.8, 4) is 0 Å². The van der Waals surface area contributed by atoms with Gasteiger partial charge in [-0.2, -0.15) is 0 Å². The van der Waals surface area contributed by atoms with Crippen LogP contribution in [0.2, 0.25) is 0 Å².